The first kappa shape index (κ1) is 6.73. The van der Waals surface area contributed by atoms with E-state index in [1.54, 1.807) is 6.33 Å². The summed E-state index contributed by atoms with van der Waals surface area (Å²) >= 11 is 4.29. The lowest BCUT2D eigenvalue weighted by atomic mass is 10.3. The third kappa shape index (κ3) is 0.922. The maximum Gasteiger partial charge on any atom is 0.102 e. The molecule has 0 bridgehead atoms. The number of aromatic nitrogens is 2. The first-order valence-electron chi connectivity index (χ1n) is 3.38. The molecule has 0 aliphatic rings. The van der Waals surface area contributed by atoms with E-state index in [4.69, 9.17) is 0 Å². The maximum absolute atomic E-state index is 4.29. The summed E-state index contributed by atoms with van der Waals surface area (Å²) in [6.45, 7) is 0. The third-order valence-corrected chi connectivity index (χ3v) is 2.09. The molecule has 2 rings (SSSR count). The normalized spacial score (nSPS) is 10.7. The van der Waals surface area contributed by atoms with Crippen LogP contribution in [0, 0.1) is 0 Å². The number of thiol groups is 1. The molecule has 0 saturated heterocycles. The smallest absolute Gasteiger partial charge is 0.102 e. The molecule has 0 unspecified atom stereocenters. The Balaban J connectivity index is 2.94. The Morgan fingerprint density at radius 3 is 3.00 bits per heavy atom. The standard InChI is InChI=1S/C8H8N2S/c1-10-5-9-8-6(10)3-2-4-7(8)11/h2-5,11H,1H3. The highest BCUT2D eigenvalue weighted by atomic mass is 32.1. The van der Waals surface area contributed by atoms with Crippen LogP contribution in [0.1, 0.15) is 0 Å². The van der Waals surface area contributed by atoms with Gasteiger partial charge < -0.3 is 4.57 Å². The summed E-state index contributed by atoms with van der Waals surface area (Å²) in [6, 6.07) is 5.95. The molecule has 2 nitrogen and oxygen atoms in total. The minimum absolute atomic E-state index is 0.933. The van der Waals surface area contributed by atoms with E-state index < -0.39 is 0 Å². The molecule has 1 heterocycles. The molecular weight excluding hydrogens is 156 g/mol. The highest BCUT2D eigenvalue weighted by Crippen LogP contribution is 2.18. The fraction of sp³-hybridized carbons (Fsp3) is 0.125. The fourth-order valence-electron chi connectivity index (χ4n) is 1.14. The predicted molar refractivity (Wildman–Crippen MR) is 48.0 cm³/mol. The molecule has 11 heavy (non-hydrogen) atoms. The lowest BCUT2D eigenvalue weighted by Gasteiger charge is -1.94. The first-order chi connectivity index (χ1) is 5.29. The Kier molecular flexibility index (Phi) is 1.39. The molecule has 0 fully saturated rings. The van der Waals surface area contributed by atoms with Gasteiger partial charge in [0.25, 0.3) is 0 Å². The number of hydrogen-bond acceptors (Lipinski definition) is 2. The van der Waals surface area contributed by atoms with Gasteiger partial charge in [-0.05, 0) is 12.1 Å². The van der Waals surface area contributed by atoms with Gasteiger partial charge in [0.15, 0.2) is 0 Å². The van der Waals surface area contributed by atoms with E-state index in [1.807, 2.05) is 29.8 Å². The monoisotopic (exact) mass is 164 g/mol. The van der Waals surface area contributed by atoms with Gasteiger partial charge in [-0.1, -0.05) is 6.07 Å². The van der Waals surface area contributed by atoms with Crippen LogP contribution in [0.15, 0.2) is 29.4 Å². The SMILES string of the molecule is Cn1cnc2c(S)cccc21. The molecule has 0 aliphatic carbocycles. The average Bonchev–Trinajstić information content (AvgIpc) is 2.35. The Bertz CT molecular complexity index is 392. The second-order valence-electron chi connectivity index (χ2n) is 2.50. The molecule has 1 aromatic carbocycles. The zero-order valence-electron chi connectivity index (χ0n) is 6.15. The van der Waals surface area contributed by atoms with Crippen LogP contribution in [0.2, 0.25) is 0 Å². The number of fused-ring (bicyclic) bond motifs is 1. The molecule has 2 aromatic rings. The number of benzene rings is 1. The number of hydrogen-bond donors (Lipinski definition) is 1. The molecule has 56 valence electrons. The number of rotatable bonds is 0. The van der Waals surface area contributed by atoms with Crippen molar-refractivity contribution in [2.75, 3.05) is 0 Å². The van der Waals surface area contributed by atoms with Crippen LogP contribution < -0.4 is 0 Å². The summed E-state index contributed by atoms with van der Waals surface area (Å²) < 4.78 is 1.98. The Morgan fingerprint density at radius 2 is 2.27 bits per heavy atom. The fourth-order valence-corrected chi connectivity index (χ4v) is 1.40. The van der Waals surface area contributed by atoms with Gasteiger partial charge in [-0.2, -0.15) is 0 Å². The van der Waals surface area contributed by atoms with E-state index in [1.165, 1.54) is 0 Å². The minimum Gasteiger partial charge on any atom is -0.334 e. The molecule has 0 spiro atoms. The van der Waals surface area contributed by atoms with E-state index in [-0.39, 0.29) is 0 Å². The summed E-state index contributed by atoms with van der Waals surface area (Å²) in [5.41, 5.74) is 2.09. The molecule has 3 heteroatoms. The van der Waals surface area contributed by atoms with Crippen molar-refractivity contribution in [1.29, 1.82) is 0 Å². The van der Waals surface area contributed by atoms with Crippen molar-refractivity contribution >= 4 is 23.7 Å². The zero-order chi connectivity index (χ0) is 7.84. The van der Waals surface area contributed by atoms with Crippen LogP contribution in [-0.4, -0.2) is 9.55 Å². The molecule has 0 atom stereocenters. The van der Waals surface area contributed by atoms with Crippen molar-refractivity contribution in [3.63, 3.8) is 0 Å². The predicted octanol–water partition coefficient (Wildman–Crippen LogP) is 1.86. The van der Waals surface area contributed by atoms with Crippen LogP contribution in [0.5, 0.6) is 0 Å². The lowest BCUT2D eigenvalue weighted by molar-refractivity contribution is 0.948. The van der Waals surface area contributed by atoms with Crippen molar-refractivity contribution < 1.29 is 0 Å². The number of nitrogens with zero attached hydrogens (tertiary/aromatic N) is 2. The van der Waals surface area contributed by atoms with Crippen LogP contribution in [0.3, 0.4) is 0 Å². The number of imidazole rings is 1. The average molecular weight is 164 g/mol. The maximum atomic E-state index is 4.29. The quantitative estimate of drug-likeness (QED) is 0.588. The first-order valence-corrected chi connectivity index (χ1v) is 3.83. The Morgan fingerprint density at radius 1 is 1.45 bits per heavy atom. The second-order valence-corrected chi connectivity index (χ2v) is 2.98. The van der Waals surface area contributed by atoms with E-state index in [0.29, 0.717) is 0 Å². The van der Waals surface area contributed by atoms with Crippen LogP contribution in [0.4, 0.5) is 0 Å². The van der Waals surface area contributed by atoms with Crippen LogP contribution in [0.25, 0.3) is 11.0 Å². The van der Waals surface area contributed by atoms with E-state index in [2.05, 4.69) is 17.6 Å². The molecule has 0 saturated carbocycles. The molecule has 0 N–H and O–H groups in total. The van der Waals surface area contributed by atoms with Gasteiger partial charge in [-0.3, -0.25) is 0 Å². The van der Waals surface area contributed by atoms with E-state index in [0.717, 1.165) is 15.9 Å². The number of aryl methyl sites for hydroxylation is 1. The van der Waals surface area contributed by atoms with Gasteiger partial charge >= 0.3 is 0 Å². The van der Waals surface area contributed by atoms with Crippen molar-refractivity contribution in [1.82, 2.24) is 9.55 Å². The van der Waals surface area contributed by atoms with E-state index >= 15 is 0 Å². The summed E-state index contributed by atoms with van der Waals surface area (Å²) in [5.74, 6) is 0. The summed E-state index contributed by atoms with van der Waals surface area (Å²) in [7, 11) is 1.97. The van der Waals surface area contributed by atoms with Crippen molar-refractivity contribution in [2.45, 2.75) is 4.90 Å². The lowest BCUT2D eigenvalue weighted by Crippen LogP contribution is -1.82. The van der Waals surface area contributed by atoms with Gasteiger partial charge in [-0.15, -0.1) is 12.6 Å². The summed E-state index contributed by atoms with van der Waals surface area (Å²) in [4.78, 5) is 5.14. The van der Waals surface area contributed by atoms with Crippen LogP contribution in [-0.2, 0) is 7.05 Å². The molecule has 1 aromatic heterocycles. The Hall–Kier alpha value is -0.960. The van der Waals surface area contributed by atoms with Gasteiger partial charge in [0.1, 0.15) is 5.52 Å². The largest absolute Gasteiger partial charge is 0.334 e. The third-order valence-electron chi connectivity index (χ3n) is 1.73. The summed E-state index contributed by atoms with van der Waals surface area (Å²) in [6.07, 6.45) is 1.80. The molecule has 0 radical (unpaired) electrons. The molecule has 0 aliphatic heterocycles. The van der Waals surface area contributed by atoms with Crippen molar-refractivity contribution in [2.24, 2.45) is 7.05 Å². The summed E-state index contributed by atoms with van der Waals surface area (Å²) in [5, 5.41) is 0. The van der Waals surface area contributed by atoms with Gasteiger partial charge in [0.2, 0.25) is 0 Å². The molecular formula is C8H8N2S. The van der Waals surface area contributed by atoms with Crippen LogP contribution >= 0.6 is 12.6 Å². The van der Waals surface area contributed by atoms with E-state index in [9.17, 15) is 0 Å². The topological polar surface area (TPSA) is 17.8 Å². The zero-order valence-corrected chi connectivity index (χ0v) is 7.05. The Labute approximate surface area is 70.3 Å². The van der Waals surface area contributed by atoms with Crippen molar-refractivity contribution in [3.8, 4) is 0 Å². The second kappa shape index (κ2) is 2.27. The number of para-hydroxylation sites is 1. The van der Waals surface area contributed by atoms with Gasteiger partial charge in [0.05, 0.1) is 11.8 Å². The highest BCUT2D eigenvalue weighted by molar-refractivity contribution is 7.80. The molecule has 0 amide bonds. The van der Waals surface area contributed by atoms with Crippen molar-refractivity contribution in [3.05, 3.63) is 24.5 Å². The van der Waals surface area contributed by atoms with Gasteiger partial charge in [-0.25, -0.2) is 4.98 Å². The van der Waals surface area contributed by atoms with Gasteiger partial charge in [0, 0.05) is 11.9 Å². The minimum atomic E-state index is 0.933. The highest BCUT2D eigenvalue weighted by Gasteiger charge is 2.00.